The molecule has 17 heavy (non-hydrogen) atoms. The summed E-state index contributed by atoms with van der Waals surface area (Å²) in [6.45, 7) is 12.8. The third kappa shape index (κ3) is 3.74. The van der Waals surface area contributed by atoms with Crippen molar-refractivity contribution in [3.05, 3.63) is 29.8 Å². The highest BCUT2D eigenvalue weighted by Crippen LogP contribution is 2.58. The van der Waals surface area contributed by atoms with E-state index < -0.39 is 19.6 Å². The largest absolute Gasteiger partial charge is 0.207 e. The normalized spacial score (nSPS) is 13.2. The van der Waals surface area contributed by atoms with Crippen LogP contribution in [-0.4, -0.2) is 10.3 Å². The molecule has 1 rings (SSSR count). The average molecular weight is 258 g/mol. The first kappa shape index (κ1) is 14.6. The summed E-state index contributed by atoms with van der Waals surface area (Å²) < 4.78 is 26.7. The first-order chi connectivity index (χ1) is 7.51. The zero-order chi connectivity index (χ0) is 13.4. The van der Waals surface area contributed by atoms with Crippen LogP contribution in [0.15, 0.2) is 18.2 Å². The molecule has 0 saturated heterocycles. The van der Waals surface area contributed by atoms with E-state index in [-0.39, 0.29) is 10.3 Å². The van der Waals surface area contributed by atoms with Crippen molar-refractivity contribution in [3.8, 4) is 0 Å². The molecule has 1 aromatic carbocycles. The molecule has 0 unspecified atom stereocenters. The van der Waals surface area contributed by atoms with Gasteiger partial charge in [-0.15, -0.1) is 0 Å². The first-order valence-corrected chi connectivity index (χ1v) is 7.12. The van der Waals surface area contributed by atoms with Crippen LogP contribution in [0.1, 0.15) is 41.5 Å². The van der Waals surface area contributed by atoms with E-state index in [9.17, 15) is 8.78 Å². The van der Waals surface area contributed by atoms with Gasteiger partial charge in [0.2, 0.25) is 0 Å². The van der Waals surface area contributed by atoms with E-state index in [0.717, 1.165) is 11.4 Å². The van der Waals surface area contributed by atoms with Crippen LogP contribution in [0.2, 0.25) is 0 Å². The van der Waals surface area contributed by atoms with Crippen molar-refractivity contribution in [1.29, 1.82) is 0 Å². The Morgan fingerprint density at radius 2 is 1.12 bits per heavy atom. The second kappa shape index (κ2) is 4.65. The smallest absolute Gasteiger partial charge is 0.126 e. The van der Waals surface area contributed by atoms with Gasteiger partial charge in [-0.05, 0) is 27.7 Å². The van der Waals surface area contributed by atoms with Crippen LogP contribution in [0.5, 0.6) is 0 Å². The maximum Gasteiger partial charge on any atom is 0.126 e. The molecule has 0 aliphatic carbocycles. The summed E-state index contributed by atoms with van der Waals surface area (Å²) >= 11 is 0. The zero-order valence-electron chi connectivity index (χ0n) is 11.4. The lowest BCUT2D eigenvalue weighted by molar-refractivity contribution is 0.585. The van der Waals surface area contributed by atoms with Crippen molar-refractivity contribution in [3.63, 3.8) is 0 Å². The number of hydrogen-bond donors (Lipinski definition) is 0. The van der Waals surface area contributed by atoms with Gasteiger partial charge in [0.1, 0.15) is 11.6 Å². The molecule has 0 atom stereocenters. The molecule has 1 aromatic rings. The average Bonchev–Trinajstić information content (AvgIpc) is 1.93. The molecule has 0 amide bonds. The van der Waals surface area contributed by atoms with E-state index in [0.29, 0.717) is 0 Å². The van der Waals surface area contributed by atoms with E-state index in [1.54, 1.807) is 0 Å². The lowest BCUT2D eigenvalue weighted by atomic mass is 10.2. The molecular formula is C14H21F2P. The van der Waals surface area contributed by atoms with Crippen LogP contribution in [0, 0.1) is 11.6 Å². The summed E-state index contributed by atoms with van der Waals surface area (Å²) in [4.78, 5) is 0. The van der Waals surface area contributed by atoms with Gasteiger partial charge in [-0.3, -0.25) is 0 Å². The van der Waals surface area contributed by atoms with Crippen molar-refractivity contribution in [2.45, 2.75) is 51.9 Å². The van der Waals surface area contributed by atoms with Crippen LogP contribution < -0.4 is 5.30 Å². The van der Waals surface area contributed by atoms with Crippen LogP contribution >= 0.6 is 7.92 Å². The summed E-state index contributed by atoms with van der Waals surface area (Å²) in [6.07, 6.45) is 0. The summed E-state index contributed by atoms with van der Waals surface area (Å²) in [5, 5.41) is 0.847. The predicted octanol–water partition coefficient (Wildman–Crippen LogP) is 4.67. The van der Waals surface area contributed by atoms with E-state index in [2.05, 4.69) is 41.5 Å². The van der Waals surface area contributed by atoms with Crippen LogP contribution in [-0.2, 0) is 0 Å². The SMILES string of the molecule is CC(C)(C)P(c1cc(F)cc(F)c1)C(C)(C)C. The molecule has 96 valence electrons. The number of hydrogen-bond acceptors (Lipinski definition) is 0. The highest BCUT2D eigenvalue weighted by atomic mass is 31.1. The highest BCUT2D eigenvalue weighted by Gasteiger charge is 2.35. The van der Waals surface area contributed by atoms with Gasteiger partial charge in [-0.1, -0.05) is 49.5 Å². The minimum Gasteiger partial charge on any atom is -0.207 e. The van der Waals surface area contributed by atoms with Gasteiger partial charge in [0.25, 0.3) is 0 Å². The Labute approximate surface area is 104 Å². The fourth-order valence-electron chi connectivity index (χ4n) is 2.45. The number of benzene rings is 1. The molecule has 0 N–H and O–H groups in total. The maximum absolute atomic E-state index is 13.3. The molecule has 0 aliphatic rings. The third-order valence-corrected chi connectivity index (χ3v) is 5.91. The van der Waals surface area contributed by atoms with Gasteiger partial charge in [0.15, 0.2) is 0 Å². The van der Waals surface area contributed by atoms with Crippen molar-refractivity contribution in [1.82, 2.24) is 0 Å². The monoisotopic (exact) mass is 258 g/mol. The number of rotatable bonds is 1. The molecule has 0 radical (unpaired) electrons. The summed E-state index contributed by atoms with van der Waals surface area (Å²) in [7, 11) is -0.650. The predicted molar refractivity (Wildman–Crippen MR) is 72.4 cm³/mol. The topological polar surface area (TPSA) is 0 Å². The van der Waals surface area contributed by atoms with E-state index in [1.807, 2.05) is 0 Å². The Hall–Kier alpha value is -0.490. The molecule has 0 fully saturated rings. The summed E-state index contributed by atoms with van der Waals surface area (Å²) in [5.41, 5.74) is 0. The standard InChI is InChI=1S/C14H21F2P/c1-13(2,3)17(14(4,5)6)12-8-10(15)7-11(16)9-12/h7-9H,1-6H3. The van der Waals surface area contributed by atoms with Crippen molar-refractivity contribution < 1.29 is 8.78 Å². The fourth-order valence-corrected chi connectivity index (χ4v) is 6.52. The van der Waals surface area contributed by atoms with E-state index in [4.69, 9.17) is 0 Å². The molecule has 3 heteroatoms. The second-order valence-corrected chi connectivity index (χ2v) is 10.2. The van der Waals surface area contributed by atoms with E-state index in [1.165, 1.54) is 12.1 Å². The molecular weight excluding hydrogens is 237 g/mol. The van der Waals surface area contributed by atoms with Crippen molar-refractivity contribution in [2.24, 2.45) is 0 Å². The summed E-state index contributed by atoms with van der Waals surface area (Å²) in [6, 6.07) is 3.89. The molecule has 0 saturated carbocycles. The highest BCUT2D eigenvalue weighted by molar-refractivity contribution is 7.68. The Morgan fingerprint density at radius 3 is 1.41 bits per heavy atom. The minimum atomic E-state index is -0.650. The lowest BCUT2D eigenvalue weighted by Crippen LogP contribution is -2.31. The van der Waals surface area contributed by atoms with Crippen LogP contribution in [0.25, 0.3) is 0 Å². The van der Waals surface area contributed by atoms with Gasteiger partial charge in [0, 0.05) is 6.07 Å². The van der Waals surface area contributed by atoms with Gasteiger partial charge in [0.05, 0.1) is 0 Å². The quantitative estimate of drug-likeness (QED) is 0.642. The maximum atomic E-state index is 13.3. The second-order valence-electron chi connectivity index (χ2n) is 6.30. The fraction of sp³-hybridized carbons (Fsp3) is 0.571. The molecule has 0 aromatic heterocycles. The van der Waals surface area contributed by atoms with Gasteiger partial charge < -0.3 is 0 Å². The number of halogens is 2. The van der Waals surface area contributed by atoms with Gasteiger partial charge >= 0.3 is 0 Å². The Bertz CT molecular complexity index is 365. The Balaban J connectivity index is 3.33. The Kier molecular flexibility index (Phi) is 3.98. The van der Waals surface area contributed by atoms with E-state index >= 15 is 0 Å². The van der Waals surface area contributed by atoms with Gasteiger partial charge in [-0.25, -0.2) is 8.78 Å². The Morgan fingerprint density at radius 1 is 0.765 bits per heavy atom. The zero-order valence-corrected chi connectivity index (χ0v) is 12.3. The lowest BCUT2D eigenvalue weighted by Gasteiger charge is -2.41. The molecule has 0 spiro atoms. The minimum absolute atomic E-state index is 0.0216. The van der Waals surface area contributed by atoms with Gasteiger partial charge in [-0.2, -0.15) is 0 Å². The molecule has 0 aliphatic heterocycles. The van der Waals surface area contributed by atoms with Crippen molar-refractivity contribution in [2.75, 3.05) is 0 Å². The van der Waals surface area contributed by atoms with Crippen LogP contribution in [0.3, 0.4) is 0 Å². The van der Waals surface area contributed by atoms with Crippen molar-refractivity contribution >= 4 is 13.2 Å². The molecule has 0 heterocycles. The summed E-state index contributed by atoms with van der Waals surface area (Å²) in [5.74, 6) is -0.970. The third-order valence-electron chi connectivity index (χ3n) is 2.45. The molecule has 0 nitrogen and oxygen atoms in total. The first-order valence-electron chi connectivity index (χ1n) is 5.78. The molecule has 0 bridgehead atoms. The van der Waals surface area contributed by atoms with Crippen LogP contribution in [0.4, 0.5) is 8.78 Å².